The Hall–Kier alpha value is -1.59. The summed E-state index contributed by atoms with van der Waals surface area (Å²) < 4.78 is 0. The van der Waals surface area contributed by atoms with Crippen LogP contribution in [0.1, 0.15) is 24.5 Å². The predicted octanol–water partition coefficient (Wildman–Crippen LogP) is 0.984. The zero-order chi connectivity index (χ0) is 13.8. The lowest BCUT2D eigenvalue weighted by Crippen LogP contribution is -2.25. The van der Waals surface area contributed by atoms with Crippen LogP contribution in [0.25, 0.3) is 0 Å². The Kier molecular flexibility index (Phi) is 4.39. The number of hydrogen-bond acceptors (Lipinski definition) is 4. The summed E-state index contributed by atoms with van der Waals surface area (Å²) in [4.78, 5) is 2.29. The highest BCUT2D eigenvalue weighted by Gasteiger charge is 2.26. The molecule has 0 radical (unpaired) electrons. The molecule has 1 heterocycles. The fraction of sp³-hybridized carbons (Fsp3) is 0.500. The third-order valence-corrected chi connectivity index (χ3v) is 3.79. The molecule has 1 aromatic carbocycles. The van der Waals surface area contributed by atoms with E-state index in [0.717, 1.165) is 37.2 Å². The van der Waals surface area contributed by atoms with Gasteiger partial charge in [0.15, 0.2) is 5.84 Å². The Morgan fingerprint density at radius 3 is 2.89 bits per heavy atom. The molecule has 1 aliphatic rings. The van der Waals surface area contributed by atoms with Crippen LogP contribution >= 0.6 is 0 Å². The van der Waals surface area contributed by atoms with Crippen LogP contribution in [-0.4, -0.2) is 40.2 Å². The fourth-order valence-electron chi connectivity index (χ4n) is 2.60. The molecule has 0 aliphatic carbocycles. The van der Waals surface area contributed by atoms with Crippen molar-refractivity contribution in [3.63, 3.8) is 0 Å². The molecule has 1 aromatic rings. The summed E-state index contributed by atoms with van der Waals surface area (Å²) in [5.74, 6) is 0.484. The van der Waals surface area contributed by atoms with Crippen LogP contribution in [0.15, 0.2) is 29.4 Å². The second-order valence-corrected chi connectivity index (χ2v) is 5.17. The Bertz CT molecular complexity index is 460. The minimum atomic E-state index is -0.260. The highest BCUT2D eigenvalue weighted by molar-refractivity contribution is 5.98. The smallest absolute Gasteiger partial charge is 0.170 e. The van der Waals surface area contributed by atoms with Crippen LogP contribution in [-0.2, 0) is 6.54 Å². The highest BCUT2D eigenvalue weighted by atomic mass is 16.4. The van der Waals surface area contributed by atoms with Crippen molar-refractivity contribution in [2.24, 2.45) is 16.8 Å². The lowest BCUT2D eigenvalue weighted by Gasteiger charge is -2.19. The molecule has 5 nitrogen and oxygen atoms in total. The summed E-state index contributed by atoms with van der Waals surface area (Å²) in [6.45, 7) is 4.47. The average molecular weight is 263 g/mol. The first-order chi connectivity index (χ1) is 9.11. The predicted molar refractivity (Wildman–Crippen MR) is 74.0 cm³/mol. The van der Waals surface area contributed by atoms with Gasteiger partial charge in [-0.25, -0.2) is 0 Å². The fourth-order valence-corrected chi connectivity index (χ4v) is 2.60. The van der Waals surface area contributed by atoms with Gasteiger partial charge in [-0.05, 0) is 31.4 Å². The topological polar surface area (TPSA) is 82.1 Å². The van der Waals surface area contributed by atoms with Crippen LogP contribution in [0.5, 0.6) is 0 Å². The van der Waals surface area contributed by atoms with Crippen LogP contribution < -0.4 is 5.73 Å². The average Bonchev–Trinajstić information content (AvgIpc) is 2.87. The quantitative estimate of drug-likeness (QED) is 0.327. The number of aliphatic hydroxyl groups excluding tert-OH is 1. The van der Waals surface area contributed by atoms with Crippen LogP contribution in [0.2, 0.25) is 0 Å². The van der Waals surface area contributed by atoms with Crippen LogP contribution in [0, 0.1) is 5.92 Å². The van der Waals surface area contributed by atoms with E-state index in [1.807, 2.05) is 31.2 Å². The van der Waals surface area contributed by atoms with E-state index in [9.17, 15) is 5.11 Å². The standard InChI is InChI=1S/C14H21N3O2/c1-10(18)11-6-7-17(8-11)9-12-4-2-3-5-13(12)14(15)16-19/h2-5,10-11,18-19H,6-9H2,1H3,(H2,15,16). The van der Waals surface area contributed by atoms with Crippen molar-refractivity contribution in [3.05, 3.63) is 35.4 Å². The van der Waals surface area contributed by atoms with E-state index in [0.29, 0.717) is 5.92 Å². The van der Waals surface area contributed by atoms with E-state index < -0.39 is 0 Å². The van der Waals surface area contributed by atoms with Gasteiger partial charge >= 0.3 is 0 Å². The van der Waals surface area contributed by atoms with Gasteiger partial charge in [-0.2, -0.15) is 0 Å². The molecule has 104 valence electrons. The van der Waals surface area contributed by atoms with Crippen molar-refractivity contribution < 1.29 is 10.3 Å². The van der Waals surface area contributed by atoms with Crippen LogP contribution in [0.4, 0.5) is 0 Å². The first-order valence-electron chi connectivity index (χ1n) is 6.58. The van der Waals surface area contributed by atoms with Gasteiger partial charge in [0.05, 0.1) is 6.10 Å². The first kappa shape index (κ1) is 13.8. The molecule has 1 fully saturated rings. The normalized spacial score (nSPS) is 22.6. The number of aliphatic hydroxyl groups is 1. The molecule has 0 bridgehead atoms. The SMILES string of the molecule is CC(O)C1CCN(Cc2ccccc2/C(N)=N/O)C1. The molecule has 2 atom stereocenters. The van der Waals surface area contributed by atoms with Gasteiger partial charge < -0.3 is 16.0 Å². The monoisotopic (exact) mass is 263 g/mol. The molecule has 19 heavy (non-hydrogen) atoms. The van der Waals surface area contributed by atoms with Crippen molar-refractivity contribution in [3.8, 4) is 0 Å². The molecule has 0 aromatic heterocycles. The summed E-state index contributed by atoms with van der Waals surface area (Å²) in [6.07, 6.45) is 0.757. The van der Waals surface area contributed by atoms with E-state index in [1.165, 1.54) is 0 Å². The summed E-state index contributed by atoms with van der Waals surface area (Å²) in [5.41, 5.74) is 7.50. The van der Waals surface area contributed by atoms with Crippen molar-refractivity contribution in [2.45, 2.75) is 26.0 Å². The molecule has 1 aliphatic heterocycles. The summed E-state index contributed by atoms with van der Waals surface area (Å²) in [7, 11) is 0. The van der Waals surface area contributed by atoms with Gasteiger partial charge in [-0.15, -0.1) is 0 Å². The number of hydrogen-bond donors (Lipinski definition) is 3. The summed E-state index contributed by atoms with van der Waals surface area (Å²) in [6, 6.07) is 7.67. The van der Waals surface area contributed by atoms with E-state index in [1.54, 1.807) is 0 Å². The molecule has 0 amide bonds. The maximum absolute atomic E-state index is 9.62. The van der Waals surface area contributed by atoms with Crippen molar-refractivity contribution in [1.29, 1.82) is 0 Å². The van der Waals surface area contributed by atoms with Crippen molar-refractivity contribution in [1.82, 2.24) is 4.90 Å². The molecule has 2 rings (SSSR count). The Labute approximate surface area is 113 Å². The number of amidine groups is 1. The summed E-state index contributed by atoms with van der Waals surface area (Å²) >= 11 is 0. The number of nitrogens with two attached hydrogens (primary N) is 1. The van der Waals surface area contributed by atoms with Gasteiger partial charge in [-0.3, -0.25) is 4.90 Å². The van der Waals surface area contributed by atoms with E-state index in [-0.39, 0.29) is 11.9 Å². The molecular formula is C14H21N3O2. The molecule has 1 saturated heterocycles. The van der Waals surface area contributed by atoms with Gasteiger partial charge in [0, 0.05) is 18.7 Å². The molecule has 2 unspecified atom stereocenters. The van der Waals surface area contributed by atoms with Crippen molar-refractivity contribution >= 4 is 5.84 Å². The molecule has 5 heteroatoms. The lowest BCUT2D eigenvalue weighted by molar-refractivity contribution is 0.127. The number of likely N-dealkylation sites (tertiary alicyclic amines) is 1. The van der Waals surface area contributed by atoms with Gasteiger partial charge in [0.1, 0.15) is 0 Å². The Balaban J connectivity index is 2.08. The second-order valence-electron chi connectivity index (χ2n) is 5.17. The second kappa shape index (κ2) is 6.04. The third-order valence-electron chi connectivity index (χ3n) is 3.79. The first-order valence-corrected chi connectivity index (χ1v) is 6.58. The minimum absolute atomic E-state index is 0.141. The number of benzene rings is 1. The number of oxime groups is 1. The van der Waals surface area contributed by atoms with Crippen molar-refractivity contribution in [2.75, 3.05) is 13.1 Å². The molecule has 0 spiro atoms. The Morgan fingerprint density at radius 1 is 1.53 bits per heavy atom. The molecular weight excluding hydrogens is 242 g/mol. The van der Waals surface area contributed by atoms with Crippen LogP contribution in [0.3, 0.4) is 0 Å². The van der Waals surface area contributed by atoms with E-state index >= 15 is 0 Å². The third kappa shape index (κ3) is 3.24. The highest BCUT2D eigenvalue weighted by Crippen LogP contribution is 2.22. The van der Waals surface area contributed by atoms with E-state index in [2.05, 4.69) is 10.1 Å². The molecule has 4 N–H and O–H groups in total. The minimum Gasteiger partial charge on any atom is -0.409 e. The van der Waals surface area contributed by atoms with Gasteiger partial charge in [0.25, 0.3) is 0 Å². The number of nitrogens with zero attached hydrogens (tertiary/aromatic N) is 2. The number of rotatable bonds is 4. The van der Waals surface area contributed by atoms with Gasteiger partial charge in [0.2, 0.25) is 0 Å². The lowest BCUT2D eigenvalue weighted by atomic mass is 10.0. The summed E-state index contributed by atoms with van der Waals surface area (Å²) in [5, 5.41) is 21.5. The largest absolute Gasteiger partial charge is 0.409 e. The van der Waals surface area contributed by atoms with Gasteiger partial charge in [-0.1, -0.05) is 29.4 Å². The molecule has 0 saturated carbocycles. The maximum Gasteiger partial charge on any atom is 0.170 e. The zero-order valence-corrected chi connectivity index (χ0v) is 11.2. The maximum atomic E-state index is 9.62. The zero-order valence-electron chi connectivity index (χ0n) is 11.2. The Morgan fingerprint density at radius 2 is 2.26 bits per heavy atom. The van der Waals surface area contributed by atoms with E-state index in [4.69, 9.17) is 10.9 Å².